The van der Waals surface area contributed by atoms with E-state index < -0.39 is 11.6 Å². The molecule has 4 heteroatoms. The fraction of sp³-hybridized carbons (Fsp3) is 0.538. The van der Waals surface area contributed by atoms with Crippen LogP contribution in [-0.4, -0.2) is 17.8 Å². The lowest BCUT2D eigenvalue weighted by molar-refractivity contribution is 0.243. The van der Waals surface area contributed by atoms with E-state index in [2.05, 4.69) is 5.32 Å². The number of benzene rings is 1. The van der Waals surface area contributed by atoms with E-state index in [1.54, 1.807) is 0 Å². The number of hydrogen-bond donors (Lipinski definition) is 2. The molecule has 2 N–H and O–H groups in total. The summed E-state index contributed by atoms with van der Waals surface area (Å²) in [5, 5.41) is 12.0. The first-order chi connectivity index (χ1) is 8.06. The third-order valence-electron chi connectivity index (χ3n) is 2.85. The fourth-order valence-electron chi connectivity index (χ4n) is 1.74. The van der Waals surface area contributed by atoms with Crippen LogP contribution in [0.5, 0.6) is 0 Å². The summed E-state index contributed by atoms with van der Waals surface area (Å²) < 4.78 is 26.7. The summed E-state index contributed by atoms with van der Waals surface area (Å²) in [5.74, 6) is -0.773. The minimum atomic E-state index is -0.538. The molecule has 1 aromatic carbocycles. The van der Waals surface area contributed by atoms with E-state index in [1.165, 1.54) is 18.2 Å². The van der Waals surface area contributed by atoms with E-state index in [0.717, 1.165) is 0 Å². The van der Waals surface area contributed by atoms with Crippen LogP contribution in [0.3, 0.4) is 0 Å². The average Bonchev–Trinajstić information content (AvgIpc) is 2.26. The minimum Gasteiger partial charge on any atom is -0.396 e. The van der Waals surface area contributed by atoms with Crippen molar-refractivity contribution in [1.29, 1.82) is 0 Å². The number of aliphatic hydroxyl groups is 1. The summed E-state index contributed by atoms with van der Waals surface area (Å²) in [6.07, 6.45) is 0.577. The van der Waals surface area contributed by atoms with Crippen molar-refractivity contribution in [2.45, 2.75) is 32.9 Å². The molecule has 17 heavy (non-hydrogen) atoms. The van der Waals surface area contributed by atoms with Gasteiger partial charge in [0.2, 0.25) is 0 Å². The van der Waals surface area contributed by atoms with Crippen LogP contribution in [0.2, 0.25) is 0 Å². The van der Waals surface area contributed by atoms with Crippen LogP contribution in [0, 0.1) is 17.6 Å². The van der Waals surface area contributed by atoms with Crippen LogP contribution in [-0.2, 0) is 6.54 Å². The number of rotatable bonds is 6. The zero-order chi connectivity index (χ0) is 12.8. The summed E-state index contributed by atoms with van der Waals surface area (Å²) >= 11 is 0. The number of aliphatic hydroxyl groups excluding tert-OH is 1. The van der Waals surface area contributed by atoms with Gasteiger partial charge in [-0.2, -0.15) is 0 Å². The van der Waals surface area contributed by atoms with Gasteiger partial charge in [-0.3, -0.25) is 0 Å². The summed E-state index contributed by atoms with van der Waals surface area (Å²) in [6.45, 7) is 4.22. The maximum Gasteiger partial charge on any atom is 0.130 e. The van der Waals surface area contributed by atoms with Crippen molar-refractivity contribution >= 4 is 0 Å². The highest BCUT2D eigenvalue weighted by Crippen LogP contribution is 2.13. The van der Waals surface area contributed by atoms with Crippen molar-refractivity contribution in [3.63, 3.8) is 0 Å². The molecule has 1 atom stereocenters. The monoisotopic (exact) mass is 243 g/mol. The summed E-state index contributed by atoms with van der Waals surface area (Å²) in [5.41, 5.74) is 0.0519. The molecule has 0 aliphatic heterocycles. The van der Waals surface area contributed by atoms with E-state index in [9.17, 15) is 8.78 Å². The van der Waals surface area contributed by atoms with Crippen LogP contribution < -0.4 is 5.32 Å². The molecule has 0 saturated heterocycles. The molecule has 0 aliphatic rings. The zero-order valence-electron chi connectivity index (χ0n) is 10.2. The van der Waals surface area contributed by atoms with E-state index in [-0.39, 0.29) is 24.8 Å². The van der Waals surface area contributed by atoms with Gasteiger partial charge >= 0.3 is 0 Å². The second-order valence-electron chi connectivity index (χ2n) is 4.44. The molecule has 2 nitrogen and oxygen atoms in total. The van der Waals surface area contributed by atoms with Crippen LogP contribution in [0.15, 0.2) is 18.2 Å². The lowest BCUT2D eigenvalue weighted by Crippen LogP contribution is -2.34. The van der Waals surface area contributed by atoms with Crippen molar-refractivity contribution in [3.05, 3.63) is 35.4 Å². The molecular weight excluding hydrogens is 224 g/mol. The Morgan fingerprint density at radius 3 is 2.29 bits per heavy atom. The second-order valence-corrected chi connectivity index (χ2v) is 4.44. The minimum absolute atomic E-state index is 0.0519. The first kappa shape index (κ1) is 14.1. The molecule has 1 aromatic rings. The first-order valence-corrected chi connectivity index (χ1v) is 5.83. The predicted molar refractivity (Wildman–Crippen MR) is 63.5 cm³/mol. The third-order valence-corrected chi connectivity index (χ3v) is 2.85. The Hall–Kier alpha value is -1.00. The maximum absolute atomic E-state index is 13.4. The highest BCUT2D eigenvalue weighted by molar-refractivity contribution is 5.19. The molecule has 1 rings (SSSR count). The summed E-state index contributed by atoms with van der Waals surface area (Å²) in [6, 6.07) is 3.90. The predicted octanol–water partition coefficient (Wildman–Crippen LogP) is 2.46. The molecule has 0 saturated carbocycles. The molecule has 1 unspecified atom stereocenters. The van der Waals surface area contributed by atoms with Crippen LogP contribution in [0.25, 0.3) is 0 Å². The van der Waals surface area contributed by atoms with Gasteiger partial charge in [-0.05, 0) is 24.5 Å². The van der Waals surface area contributed by atoms with Crippen LogP contribution in [0.4, 0.5) is 8.78 Å². The number of halogens is 2. The quantitative estimate of drug-likeness (QED) is 0.804. The van der Waals surface area contributed by atoms with Gasteiger partial charge in [-0.25, -0.2) is 8.78 Å². The molecule has 0 bridgehead atoms. The highest BCUT2D eigenvalue weighted by atomic mass is 19.1. The Kier molecular flexibility index (Phi) is 5.51. The molecule has 0 heterocycles. The highest BCUT2D eigenvalue weighted by Gasteiger charge is 2.14. The van der Waals surface area contributed by atoms with Crippen molar-refractivity contribution < 1.29 is 13.9 Å². The van der Waals surface area contributed by atoms with Crippen LogP contribution in [0.1, 0.15) is 25.8 Å². The first-order valence-electron chi connectivity index (χ1n) is 5.83. The largest absolute Gasteiger partial charge is 0.396 e. The second kappa shape index (κ2) is 6.67. The van der Waals surface area contributed by atoms with Gasteiger partial charge in [0.1, 0.15) is 11.6 Å². The maximum atomic E-state index is 13.4. The molecule has 96 valence electrons. The Balaban J connectivity index is 2.65. The van der Waals surface area contributed by atoms with Crippen LogP contribution >= 0.6 is 0 Å². The van der Waals surface area contributed by atoms with E-state index in [4.69, 9.17) is 5.11 Å². The molecule has 0 spiro atoms. The van der Waals surface area contributed by atoms with Gasteiger partial charge in [0, 0.05) is 24.8 Å². The molecule has 0 aliphatic carbocycles. The van der Waals surface area contributed by atoms with Gasteiger partial charge in [0.25, 0.3) is 0 Å². The zero-order valence-corrected chi connectivity index (χ0v) is 10.2. The molecule has 0 aromatic heterocycles. The van der Waals surface area contributed by atoms with Crippen molar-refractivity contribution in [1.82, 2.24) is 5.32 Å². The molecular formula is C13H19F2NO. The van der Waals surface area contributed by atoms with Gasteiger partial charge in [0.15, 0.2) is 0 Å². The summed E-state index contributed by atoms with van der Waals surface area (Å²) in [7, 11) is 0. The fourth-order valence-corrected chi connectivity index (χ4v) is 1.74. The SMILES string of the molecule is CC(C)C(CCO)NCc1c(F)cccc1F. The van der Waals surface area contributed by atoms with E-state index >= 15 is 0 Å². The molecule has 0 radical (unpaired) electrons. The normalized spacial score (nSPS) is 13.1. The Labute approximate surface area is 101 Å². The Bertz CT molecular complexity index is 335. The van der Waals surface area contributed by atoms with Gasteiger partial charge < -0.3 is 10.4 Å². The smallest absolute Gasteiger partial charge is 0.130 e. The van der Waals surface area contributed by atoms with Gasteiger partial charge in [-0.15, -0.1) is 0 Å². The Morgan fingerprint density at radius 2 is 1.82 bits per heavy atom. The lowest BCUT2D eigenvalue weighted by atomic mass is 10.0. The van der Waals surface area contributed by atoms with Crippen molar-refractivity contribution in [2.75, 3.05) is 6.61 Å². The Morgan fingerprint density at radius 1 is 1.24 bits per heavy atom. The molecule has 0 fully saturated rings. The lowest BCUT2D eigenvalue weighted by Gasteiger charge is -2.21. The average molecular weight is 243 g/mol. The van der Waals surface area contributed by atoms with Gasteiger partial charge in [0.05, 0.1) is 0 Å². The standard InChI is InChI=1S/C13H19F2NO/c1-9(2)13(6-7-17)16-8-10-11(14)4-3-5-12(10)15/h3-5,9,13,16-17H,6-8H2,1-2H3. The van der Waals surface area contributed by atoms with Gasteiger partial charge in [-0.1, -0.05) is 19.9 Å². The van der Waals surface area contributed by atoms with Crippen molar-refractivity contribution in [3.8, 4) is 0 Å². The van der Waals surface area contributed by atoms with E-state index in [1.807, 2.05) is 13.8 Å². The topological polar surface area (TPSA) is 32.3 Å². The van der Waals surface area contributed by atoms with Crippen molar-refractivity contribution in [2.24, 2.45) is 5.92 Å². The summed E-state index contributed by atoms with van der Waals surface area (Å²) in [4.78, 5) is 0. The third kappa shape index (κ3) is 4.06. The number of hydrogen-bond acceptors (Lipinski definition) is 2. The van der Waals surface area contributed by atoms with E-state index in [0.29, 0.717) is 12.3 Å². The number of nitrogens with one attached hydrogen (secondary N) is 1. The molecule has 0 amide bonds.